The lowest BCUT2D eigenvalue weighted by atomic mass is 9.73. The molecule has 0 bridgehead atoms. The first-order valence-corrected chi connectivity index (χ1v) is 37.0. The molecular weight excluding hydrogens is 1360 g/mol. The molecule has 10 rings (SSSR count). The Labute approximate surface area is 630 Å². The quantitative estimate of drug-likeness (QED) is 0.0294. The van der Waals surface area contributed by atoms with Gasteiger partial charge in [-0.1, -0.05) is 149 Å². The van der Waals surface area contributed by atoms with Gasteiger partial charge in [0.25, 0.3) is 5.91 Å². The number of anilines is 1. The van der Waals surface area contributed by atoms with Crippen molar-refractivity contribution in [3.05, 3.63) is 239 Å². The molecule has 1 amide bonds. The van der Waals surface area contributed by atoms with E-state index in [9.17, 15) is 37.5 Å². The van der Waals surface area contributed by atoms with Gasteiger partial charge in [0.05, 0.1) is 60.4 Å². The van der Waals surface area contributed by atoms with Crippen LogP contribution in [-0.2, 0) is 67.2 Å². The smallest absolute Gasteiger partial charge is 0.308 e. The first-order valence-electron chi connectivity index (χ1n) is 37.0. The van der Waals surface area contributed by atoms with Crippen LogP contribution < -0.4 is 15.8 Å². The van der Waals surface area contributed by atoms with Crippen molar-refractivity contribution in [3.63, 3.8) is 0 Å². The minimum absolute atomic E-state index is 0.0232. The molecular formula is C89H107F2N3O13. The fourth-order valence-electron chi connectivity index (χ4n) is 13.5. The second-order valence-electron chi connectivity index (χ2n) is 31.0. The van der Waals surface area contributed by atoms with Crippen molar-refractivity contribution >= 4 is 40.9 Å². The van der Waals surface area contributed by atoms with Gasteiger partial charge in [-0.25, -0.2) is 8.78 Å². The molecule has 2 aliphatic rings. The van der Waals surface area contributed by atoms with Crippen LogP contribution in [0.5, 0.6) is 5.75 Å². The van der Waals surface area contributed by atoms with Crippen LogP contribution >= 0.6 is 0 Å². The number of aryl methyl sites for hydroxylation is 1. The van der Waals surface area contributed by atoms with Crippen LogP contribution in [-0.4, -0.2) is 93.5 Å². The summed E-state index contributed by atoms with van der Waals surface area (Å²) in [6.45, 7) is 29.7. The molecule has 1 aromatic heterocycles. The van der Waals surface area contributed by atoms with Crippen LogP contribution in [0.3, 0.4) is 0 Å². The third kappa shape index (κ3) is 25.1. The highest BCUT2D eigenvalue weighted by molar-refractivity contribution is 6.14. The van der Waals surface area contributed by atoms with Gasteiger partial charge in [0, 0.05) is 54.2 Å². The lowest BCUT2D eigenvalue weighted by molar-refractivity contribution is -0.301. The summed E-state index contributed by atoms with van der Waals surface area (Å²) in [4.78, 5) is 80.2. The minimum atomic E-state index is -1.20. The van der Waals surface area contributed by atoms with E-state index in [1.807, 2.05) is 191 Å². The number of para-hydroxylation sites is 1. The molecule has 16 nitrogen and oxygen atoms in total. The summed E-state index contributed by atoms with van der Waals surface area (Å²) in [5.74, 6) is -6.36. The molecule has 7 aromatic carbocycles. The molecule has 570 valence electrons. The van der Waals surface area contributed by atoms with Crippen LogP contribution in [0.1, 0.15) is 196 Å². The van der Waals surface area contributed by atoms with E-state index < -0.39 is 52.1 Å². The van der Waals surface area contributed by atoms with E-state index in [0.717, 1.165) is 51.2 Å². The van der Waals surface area contributed by atoms with E-state index in [0.29, 0.717) is 61.5 Å². The van der Waals surface area contributed by atoms with Gasteiger partial charge >= 0.3 is 11.9 Å². The summed E-state index contributed by atoms with van der Waals surface area (Å²) in [5, 5.41) is 3.14. The number of carbonyl (C=O) groups excluding carboxylic acids is 6. The van der Waals surface area contributed by atoms with E-state index in [1.54, 1.807) is 50.2 Å². The number of aromatic nitrogens is 1. The highest BCUT2D eigenvalue weighted by Crippen LogP contribution is 2.44. The van der Waals surface area contributed by atoms with E-state index in [-0.39, 0.29) is 90.4 Å². The van der Waals surface area contributed by atoms with E-state index in [2.05, 4.69) is 23.7 Å². The molecule has 0 radical (unpaired) electrons. The van der Waals surface area contributed by atoms with Crippen molar-refractivity contribution in [2.75, 3.05) is 11.9 Å². The molecule has 3 N–H and O–H groups in total. The number of hydrogen-bond donors (Lipinski definition) is 2. The van der Waals surface area contributed by atoms with Gasteiger partial charge in [-0.3, -0.25) is 28.8 Å². The lowest BCUT2D eigenvalue weighted by Gasteiger charge is -2.41. The summed E-state index contributed by atoms with van der Waals surface area (Å²) in [6, 6.07) is 55.0. The third-order valence-corrected chi connectivity index (χ3v) is 17.9. The van der Waals surface area contributed by atoms with Crippen molar-refractivity contribution in [2.24, 2.45) is 17.6 Å². The fraction of sp³-hybridized carbons (Fsp3) is 0.416. The Morgan fingerprint density at radius 3 is 1.53 bits per heavy atom. The number of esters is 2. The monoisotopic (exact) mass is 1460 g/mol. The topological polar surface area (TPSA) is 210 Å². The lowest BCUT2D eigenvalue weighted by Crippen LogP contribution is -2.46. The van der Waals surface area contributed by atoms with Gasteiger partial charge in [0.15, 0.2) is 17.4 Å². The van der Waals surface area contributed by atoms with E-state index >= 15 is 0 Å². The first kappa shape index (κ1) is 83.3. The summed E-state index contributed by atoms with van der Waals surface area (Å²) < 4.78 is 71.1. The summed E-state index contributed by atoms with van der Waals surface area (Å²) in [5.41, 5.74) is 13.6. The molecule has 6 atom stereocenters. The molecule has 18 heteroatoms. The van der Waals surface area contributed by atoms with Gasteiger partial charge in [0.1, 0.15) is 46.8 Å². The molecule has 2 aliphatic heterocycles. The van der Waals surface area contributed by atoms with Gasteiger partial charge in [-0.2, -0.15) is 0 Å². The predicted molar refractivity (Wildman–Crippen MR) is 414 cm³/mol. The van der Waals surface area contributed by atoms with Crippen LogP contribution in [0, 0.1) is 30.4 Å². The van der Waals surface area contributed by atoms with Crippen molar-refractivity contribution in [1.82, 2.24) is 4.57 Å². The number of nitrogens with zero attached hydrogens (tertiary/aromatic N) is 1. The maximum Gasteiger partial charge on any atom is 0.308 e. The number of Topliss-reactive ketones (excluding diaryl/α,β-unsaturated/α-hetero) is 3. The Balaban J connectivity index is 0.000000221. The van der Waals surface area contributed by atoms with Crippen LogP contribution in [0.25, 0.3) is 22.4 Å². The number of nitrogens with two attached hydrogens (primary N) is 1. The highest BCUT2D eigenvalue weighted by atomic mass is 19.1. The number of halogens is 2. The number of ketones is 3. The molecule has 107 heavy (non-hydrogen) atoms. The number of nitrogens with one attached hydrogen (secondary N) is 1. The zero-order chi connectivity index (χ0) is 78.0. The highest BCUT2D eigenvalue weighted by Gasteiger charge is 2.43. The standard InChI is InChI=1S/C41H49FN2O5.C34H31FO4.C14H27NO4/c1-26(2)37-36(39(46)43-31-12-10-9-11-13-31)35(28-16-14-27(3)15-17-28)38(29-18-20-30(42)21-19-29)44(37)23-22-32-24-33(48-41(7,8)47-32)25-34(45)49-40(4,5)6;1-23(2)33(37)32(30(36)21-24-9-5-3-6-10-24)31(34(38)27-13-17-28(35)18-14-27)26-15-19-29(20-16-26)39-22-25-11-7-4-8-12-25;1-13(2,3)19-12(16)9-11-8-10(6-7-15)17-14(4,5)18-11/h9-21,26,32-33H,22-25H2,1-8H3,(H,43,46);3-20,23,31-32H,21-22H2,1-2H3;10-11H,6-9,15H2,1-5H3/t32-,33-;;10-,11-/m1.1/s1. The molecule has 8 aromatic rings. The summed E-state index contributed by atoms with van der Waals surface area (Å²) in [7, 11) is 0. The molecule has 3 heterocycles. The number of ether oxygens (including phenoxy) is 7. The Hall–Kier alpha value is -9.30. The molecule has 2 fully saturated rings. The number of carbonyl (C=O) groups is 6. The average Bonchev–Trinajstić information content (AvgIpc) is 1.60. The average molecular weight is 1460 g/mol. The zero-order valence-corrected chi connectivity index (χ0v) is 64.7. The Kier molecular flexibility index (Phi) is 29.2. The van der Waals surface area contributed by atoms with Crippen LogP contribution in [0.2, 0.25) is 0 Å². The number of hydrogen-bond acceptors (Lipinski definition) is 14. The Bertz CT molecular complexity index is 4220. The second kappa shape index (κ2) is 37.5. The third-order valence-electron chi connectivity index (χ3n) is 17.9. The molecule has 2 unspecified atom stereocenters. The van der Waals surface area contributed by atoms with Crippen LogP contribution in [0.4, 0.5) is 14.5 Å². The fourth-order valence-corrected chi connectivity index (χ4v) is 13.5. The summed E-state index contributed by atoms with van der Waals surface area (Å²) >= 11 is 0. The number of amides is 1. The summed E-state index contributed by atoms with van der Waals surface area (Å²) in [6.07, 6.45) is 2.23. The maximum atomic E-state index is 14.4. The molecule has 0 aliphatic carbocycles. The largest absolute Gasteiger partial charge is 0.489 e. The van der Waals surface area contributed by atoms with Crippen molar-refractivity contribution in [1.29, 1.82) is 0 Å². The van der Waals surface area contributed by atoms with Gasteiger partial charge in [0.2, 0.25) is 0 Å². The zero-order valence-electron chi connectivity index (χ0n) is 64.7. The Morgan fingerprint density at radius 2 is 1.05 bits per heavy atom. The van der Waals surface area contributed by atoms with Gasteiger partial charge in [-0.15, -0.1) is 0 Å². The first-order chi connectivity index (χ1) is 50.5. The molecule has 0 spiro atoms. The van der Waals surface area contributed by atoms with Gasteiger partial charge < -0.3 is 48.8 Å². The number of rotatable bonds is 26. The van der Waals surface area contributed by atoms with E-state index in [1.165, 1.54) is 36.4 Å². The maximum absolute atomic E-state index is 14.4. The second-order valence-corrected chi connectivity index (χ2v) is 31.0. The van der Waals surface area contributed by atoms with Crippen molar-refractivity contribution in [2.45, 2.75) is 221 Å². The number of benzene rings is 7. The van der Waals surface area contributed by atoms with Crippen molar-refractivity contribution < 1.29 is 70.7 Å². The SMILES string of the molecule is CC(C)(C)OC(=O)C[C@H]1C[C@@H](CCN)OC(C)(C)O1.CC(C)C(=O)C(C(=O)Cc1ccccc1)C(C(=O)c1ccc(F)cc1)c1ccc(OCc2ccccc2)cc1.Cc1ccc(-c2c(C(=O)Nc3ccccc3)c(C(C)C)n(CC[C@@H]3C[C@H](CC(=O)OC(C)(C)C)OC(C)(C)O3)c2-c2ccc(F)cc2)cc1. The van der Waals surface area contributed by atoms with Crippen molar-refractivity contribution in [3.8, 4) is 28.1 Å². The van der Waals surface area contributed by atoms with E-state index in [4.69, 9.17) is 38.9 Å². The predicted octanol–water partition coefficient (Wildman–Crippen LogP) is 18.7. The van der Waals surface area contributed by atoms with Gasteiger partial charge in [-0.05, 0) is 202 Å². The Morgan fingerprint density at radius 1 is 0.579 bits per heavy atom. The normalized spacial score (nSPS) is 17.4. The minimum Gasteiger partial charge on any atom is -0.489 e. The molecule has 0 saturated carbocycles. The van der Waals surface area contributed by atoms with Crippen LogP contribution in [0.15, 0.2) is 188 Å². The molecule has 2 saturated heterocycles.